The van der Waals surface area contributed by atoms with Gasteiger partial charge in [0.15, 0.2) is 8.87 Å². The van der Waals surface area contributed by atoms with Gasteiger partial charge in [0.05, 0.1) is 12.2 Å². The molecule has 0 aliphatic rings. The molecule has 0 unspecified atom stereocenters. The van der Waals surface area contributed by atoms with E-state index in [0.29, 0.717) is 18.7 Å². The van der Waals surface area contributed by atoms with Crippen LogP contribution in [0.25, 0.3) is 21.5 Å². The Hall–Kier alpha value is -2.38. The Balaban J connectivity index is 1.65. The van der Waals surface area contributed by atoms with Gasteiger partial charge in [0.2, 0.25) is 0 Å². The van der Waals surface area contributed by atoms with Crippen molar-refractivity contribution in [3.05, 3.63) is 72.1 Å². The highest BCUT2D eigenvalue weighted by atomic mass is 33.1. The van der Waals surface area contributed by atoms with Gasteiger partial charge in [0.25, 0.3) is 0 Å². The van der Waals surface area contributed by atoms with Gasteiger partial charge in [-0.05, 0) is 44.0 Å². The van der Waals surface area contributed by atoms with Gasteiger partial charge in [-0.3, -0.25) is 0 Å². The van der Waals surface area contributed by atoms with E-state index in [4.69, 9.17) is 0 Å². The smallest absolute Gasteiger partial charge is 0.198 e. The third kappa shape index (κ3) is 4.14. The van der Waals surface area contributed by atoms with Gasteiger partial charge in [-0.15, -0.1) is 5.10 Å². The molecular formula is C20H19N3O2S2. The summed E-state index contributed by atoms with van der Waals surface area (Å²) >= 11 is 0. The Morgan fingerprint density at radius 1 is 1.00 bits per heavy atom. The number of nitrogens with zero attached hydrogens (tertiary/aromatic N) is 3. The normalized spacial score (nSPS) is 12.0. The Morgan fingerprint density at radius 2 is 1.63 bits per heavy atom. The van der Waals surface area contributed by atoms with E-state index >= 15 is 0 Å². The van der Waals surface area contributed by atoms with Crippen molar-refractivity contribution < 1.29 is 8.42 Å². The summed E-state index contributed by atoms with van der Waals surface area (Å²) in [7, 11) is -2.08. The summed E-state index contributed by atoms with van der Waals surface area (Å²) in [5.41, 5.74) is 2.02. The van der Waals surface area contributed by atoms with Crippen LogP contribution in [0.3, 0.4) is 0 Å². The zero-order chi connectivity index (χ0) is 18.9. The van der Waals surface area contributed by atoms with Gasteiger partial charge in [-0.25, -0.2) is 13.1 Å². The lowest BCUT2D eigenvalue weighted by Crippen LogP contribution is -2.02. The minimum absolute atomic E-state index is 0.481. The van der Waals surface area contributed by atoms with Crippen LogP contribution in [0.2, 0.25) is 0 Å². The van der Waals surface area contributed by atoms with Gasteiger partial charge < -0.3 is 0 Å². The zero-order valence-corrected chi connectivity index (χ0v) is 16.5. The highest BCUT2D eigenvalue weighted by molar-refractivity contribution is 8.71. The van der Waals surface area contributed by atoms with Gasteiger partial charge in [-0.1, -0.05) is 53.7 Å². The topological polar surface area (TPSA) is 64.8 Å². The molecule has 4 aromatic rings. The van der Waals surface area contributed by atoms with Crippen LogP contribution < -0.4 is 0 Å². The number of rotatable bonds is 6. The number of benzene rings is 3. The Bertz CT molecular complexity index is 1160. The van der Waals surface area contributed by atoms with Crippen molar-refractivity contribution in [2.24, 2.45) is 0 Å². The zero-order valence-electron chi connectivity index (χ0n) is 14.9. The summed E-state index contributed by atoms with van der Waals surface area (Å²) in [6, 6.07) is 18.9. The largest absolute Gasteiger partial charge is 0.248 e. The van der Waals surface area contributed by atoms with E-state index in [0.717, 1.165) is 16.5 Å². The summed E-state index contributed by atoms with van der Waals surface area (Å²) in [4.78, 5) is 0. The van der Waals surface area contributed by atoms with Gasteiger partial charge in [-0.2, -0.15) is 0 Å². The van der Waals surface area contributed by atoms with E-state index in [9.17, 15) is 8.42 Å². The van der Waals surface area contributed by atoms with E-state index in [1.54, 1.807) is 0 Å². The predicted molar refractivity (Wildman–Crippen MR) is 112 cm³/mol. The van der Waals surface area contributed by atoms with Crippen molar-refractivity contribution in [1.29, 1.82) is 0 Å². The molecule has 138 valence electrons. The lowest BCUT2D eigenvalue weighted by molar-refractivity contribution is 0.615. The average Bonchev–Trinajstić information content (AvgIpc) is 3.08. The first-order valence-electron chi connectivity index (χ1n) is 8.62. The molecule has 0 bridgehead atoms. The number of aromatic nitrogens is 3. The number of aryl methyl sites for hydroxylation is 1. The van der Waals surface area contributed by atoms with Crippen LogP contribution in [0, 0.1) is 0 Å². The molecule has 0 amide bonds. The van der Waals surface area contributed by atoms with E-state index in [1.165, 1.54) is 33.4 Å². The van der Waals surface area contributed by atoms with Crippen LogP contribution in [0.5, 0.6) is 0 Å². The molecule has 0 saturated heterocycles. The van der Waals surface area contributed by atoms with Crippen molar-refractivity contribution in [2.45, 2.75) is 13.0 Å². The minimum atomic E-state index is -3.02. The molecule has 1 aromatic heterocycles. The molecule has 3 aromatic carbocycles. The second-order valence-electron chi connectivity index (χ2n) is 6.48. The van der Waals surface area contributed by atoms with Crippen LogP contribution >= 0.6 is 10.8 Å². The van der Waals surface area contributed by atoms with Crippen molar-refractivity contribution in [3.63, 3.8) is 0 Å². The Kier molecular flexibility index (Phi) is 4.88. The molecule has 1 heterocycles. The molecule has 7 heteroatoms. The first-order chi connectivity index (χ1) is 13.0. The second kappa shape index (κ2) is 7.32. The maximum Gasteiger partial charge on any atom is 0.198 e. The van der Waals surface area contributed by atoms with Crippen LogP contribution in [0.4, 0.5) is 0 Å². The molecule has 0 radical (unpaired) electrons. The van der Waals surface area contributed by atoms with Gasteiger partial charge in [0.1, 0.15) is 0 Å². The number of fused-ring (bicyclic) bond motifs is 2. The quantitative estimate of drug-likeness (QED) is 0.365. The maximum atomic E-state index is 11.2. The molecule has 0 aliphatic carbocycles. The third-order valence-corrected chi connectivity index (χ3v) is 7.03. The molecule has 5 nitrogen and oxygen atoms in total. The maximum absolute atomic E-state index is 11.2. The second-order valence-corrected chi connectivity index (χ2v) is 11.1. The van der Waals surface area contributed by atoms with Crippen LogP contribution in [0.15, 0.2) is 60.8 Å². The van der Waals surface area contributed by atoms with Gasteiger partial charge >= 0.3 is 0 Å². The standard InChI is InChI=1S/C20H19N3O2S2/c1-27(24,25)26-11-10-17-13-23(22-21-17)14-20-18-8-4-2-6-15(18)12-16-7-3-5-9-19(16)20/h2-9,12-13H,10-11,14H2,1H3. The summed E-state index contributed by atoms with van der Waals surface area (Å²) in [5.74, 6) is 0.481. The fraction of sp³-hybridized carbons (Fsp3) is 0.200. The highest BCUT2D eigenvalue weighted by Crippen LogP contribution is 2.29. The van der Waals surface area contributed by atoms with Gasteiger partial charge in [0, 0.05) is 24.6 Å². The molecular weight excluding hydrogens is 378 g/mol. The summed E-state index contributed by atoms with van der Waals surface area (Å²) in [6.45, 7) is 0.619. The number of hydrogen-bond donors (Lipinski definition) is 0. The van der Waals surface area contributed by atoms with Crippen molar-refractivity contribution in [1.82, 2.24) is 15.0 Å². The molecule has 27 heavy (non-hydrogen) atoms. The Labute approximate surface area is 161 Å². The summed E-state index contributed by atoms with van der Waals surface area (Å²) in [6.07, 6.45) is 3.70. The molecule has 0 spiro atoms. The van der Waals surface area contributed by atoms with Crippen molar-refractivity contribution in [2.75, 3.05) is 12.0 Å². The number of hydrogen-bond acceptors (Lipinski definition) is 5. The monoisotopic (exact) mass is 397 g/mol. The lowest BCUT2D eigenvalue weighted by atomic mass is 9.97. The molecule has 4 rings (SSSR count). The van der Waals surface area contributed by atoms with E-state index in [1.807, 2.05) is 23.0 Å². The van der Waals surface area contributed by atoms with Crippen molar-refractivity contribution >= 4 is 41.2 Å². The fourth-order valence-corrected chi connectivity index (χ4v) is 5.02. The third-order valence-electron chi connectivity index (χ3n) is 4.44. The summed E-state index contributed by atoms with van der Waals surface area (Å²) in [5, 5.41) is 13.3. The molecule has 0 atom stereocenters. The van der Waals surface area contributed by atoms with Crippen LogP contribution in [0.1, 0.15) is 11.3 Å². The van der Waals surface area contributed by atoms with E-state index in [-0.39, 0.29) is 0 Å². The lowest BCUT2D eigenvalue weighted by Gasteiger charge is -2.11. The average molecular weight is 398 g/mol. The first-order valence-corrected chi connectivity index (χ1v) is 12.0. The molecule has 0 fully saturated rings. The van der Waals surface area contributed by atoms with Crippen molar-refractivity contribution in [3.8, 4) is 0 Å². The molecule has 0 saturated carbocycles. The molecule has 0 N–H and O–H groups in total. The van der Waals surface area contributed by atoms with E-state index < -0.39 is 8.87 Å². The van der Waals surface area contributed by atoms with Crippen LogP contribution in [-0.2, 0) is 21.8 Å². The Morgan fingerprint density at radius 3 is 2.26 bits per heavy atom. The summed E-state index contributed by atoms with van der Waals surface area (Å²) < 4.78 is 24.3. The SMILES string of the molecule is CS(=O)(=O)SCCc1cn(Cc2c3ccccc3cc3ccccc23)nn1. The minimum Gasteiger partial charge on any atom is -0.248 e. The predicted octanol–water partition coefficient (Wildman–Crippen LogP) is 3.87. The molecule has 0 aliphatic heterocycles. The first kappa shape index (κ1) is 18.0. The van der Waals surface area contributed by atoms with Crippen LogP contribution in [-0.4, -0.2) is 35.4 Å². The van der Waals surface area contributed by atoms with E-state index in [2.05, 4.69) is 52.8 Å². The fourth-order valence-electron chi connectivity index (χ4n) is 3.27. The highest BCUT2D eigenvalue weighted by Gasteiger charge is 2.10.